The third-order valence-corrected chi connectivity index (χ3v) is 7.46. The number of benzene rings is 3. The maximum Gasteiger partial charge on any atom is 0.403 e. The Labute approximate surface area is 158 Å². The molecule has 0 radical (unpaired) electrons. The summed E-state index contributed by atoms with van der Waals surface area (Å²) >= 11 is -4.07. The van der Waals surface area contributed by atoms with Crippen molar-refractivity contribution in [3.8, 4) is 0 Å². The van der Waals surface area contributed by atoms with E-state index in [1.54, 1.807) is 0 Å². The molecule has 0 saturated carbocycles. The number of hydrogen-bond donors (Lipinski definition) is 0. The van der Waals surface area contributed by atoms with Crippen LogP contribution in [0.15, 0.2) is 36.4 Å². The summed E-state index contributed by atoms with van der Waals surface area (Å²) in [6.07, 6.45) is 0. The zero-order valence-electron chi connectivity index (χ0n) is 14.1. The first kappa shape index (κ1) is 20.4. The molecule has 0 unspecified atom stereocenters. The fraction of sp³-hybridized carbons (Fsp3) is 0.0526. The van der Waals surface area contributed by atoms with Gasteiger partial charge in [-0.3, -0.25) is 0 Å². The second-order valence-corrected chi connectivity index (χ2v) is 8.79. The minimum atomic E-state index is -4.07. The van der Waals surface area contributed by atoms with Crippen LogP contribution in [0.3, 0.4) is 0 Å². The minimum Gasteiger partial charge on any atom is -0.208 e. The lowest BCUT2D eigenvalue weighted by Gasteiger charge is -2.18. The molecule has 0 spiro atoms. The van der Waals surface area contributed by atoms with E-state index in [2.05, 4.69) is 0 Å². The van der Waals surface area contributed by atoms with E-state index >= 15 is 0 Å². The molecule has 0 bridgehead atoms. The topological polar surface area (TPSA) is 0 Å². The second kappa shape index (κ2) is 7.57. The number of aryl methyl sites for hydroxylation is 1. The van der Waals surface area contributed by atoms with Crippen molar-refractivity contribution in [2.75, 3.05) is 0 Å². The zero-order chi connectivity index (χ0) is 20.7. The van der Waals surface area contributed by atoms with Crippen LogP contribution >= 0.6 is 0 Å². The van der Waals surface area contributed by atoms with Crippen LogP contribution in [-0.2, 0) is 0 Å². The highest BCUT2D eigenvalue weighted by molar-refractivity contribution is 6.95. The molecule has 3 aromatic carbocycles. The molecule has 3 aromatic rings. The van der Waals surface area contributed by atoms with Gasteiger partial charge < -0.3 is 0 Å². The molecule has 0 fully saturated rings. The Morgan fingerprint density at radius 2 is 1.04 bits per heavy atom. The van der Waals surface area contributed by atoms with Gasteiger partial charge in [0.05, 0.1) is 0 Å². The van der Waals surface area contributed by atoms with Gasteiger partial charge in [0.15, 0.2) is 11.6 Å². The van der Waals surface area contributed by atoms with Crippen molar-refractivity contribution in [2.45, 2.75) is 6.92 Å². The predicted molar refractivity (Wildman–Crippen MR) is 88.4 cm³/mol. The van der Waals surface area contributed by atoms with E-state index < -0.39 is 74.0 Å². The van der Waals surface area contributed by atoms with E-state index in [4.69, 9.17) is 0 Å². The first-order valence-electron chi connectivity index (χ1n) is 7.85. The van der Waals surface area contributed by atoms with Gasteiger partial charge in [-0.25, -0.2) is 35.1 Å². The van der Waals surface area contributed by atoms with Crippen LogP contribution in [-0.4, -0.2) is 14.1 Å². The first-order chi connectivity index (χ1) is 13.1. The molecule has 0 amide bonds. The van der Waals surface area contributed by atoms with Gasteiger partial charge in [0.1, 0.15) is 34.9 Å². The largest absolute Gasteiger partial charge is 0.403 e. The average molecular weight is 416 g/mol. The van der Waals surface area contributed by atoms with Crippen LogP contribution in [0.1, 0.15) is 5.56 Å². The van der Waals surface area contributed by atoms with E-state index in [1.807, 2.05) is 0 Å². The molecule has 0 aromatic heterocycles. The Morgan fingerprint density at radius 3 is 1.50 bits per heavy atom. The SMILES string of the molecule is Cc1ccc(F)[c]([Al]([c]2cc(F)cc(F)c2F)[c]2cc(F)cc(F)c2F)c1F. The summed E-state index contributed by atoms with van der Waals surface area (Å²) in [7, 11) is 0. The second-order valence-electron chi connectivity index (χ2n) is 6.11. The summed E-state index contributed by atoms with van der Waals surface area (Å²) < 4.78 is 110. The summed E-state index contributed by atoms with van der Waals surface area (Å²) in [5, 5.41) is 0. The van der Waals surface area contributed by atoms with Gasteiger partial charge in [-0.1, -0.05) is 14.9 Å². The molecule has 0 aliphatic carbocycles. The fourth-order valence-corrected chi connectivity index (χ4v) is 6.24. The summed E-state index contributed by atoms with van der Waals surface area (Å²) in [6, 6.07) is 3.11. The smallest absolute Gasteiger partial charge is 0.208 e. The van der Waals surface area contributed by atoms with Crippen LogP contribution in [0, 0.1) is 53.5 Å². The quantitative estimate of drug-likeness (QED) is 0.348. The zero-order valence-corrected chi connectivity index (χ0v) is 15.2. The van der Waals surface area contributed by atoms with Crippen molar-refractivity contribution in [2.24, 2.45) is 0 Å². The normalized spacial score (nSPS) is 11.0. The first-order valence-corrected chi connectivity index (χ1v) is 9.58. The van der Waals surface area contributed by atoms with Gasteiger partial charge in [0.2, 0.25) is 0 Å². The van der Waals surface area contributed by atoms with Crippen molar-refractivity contribution in [3.05, 3.63) is 88.5 Å². The van der Waals surface area contributed by atoms with Crippen LogP contribution in [0.25, 0.3) is 0 Å². The summed E-state index contributed by atoms with van der Waals surface area (Å²) in [4.78, 5) is 0. The van der Waals surface area contributed by atoms with Crippen LogP contribution < -0.4 is 13.3 Å². The monoisotopic (exact) mass is 416 g/mol. The molecule has 0 aliphatic rings. The van der Waals surface area contributed by atoms with E-state index in [-0.39, 0.29) is 17.7 Å². The van der Waals surface area contributed by atoms with E-state index in [9.17, 15) is 35.1 Å². The van der Waals surface area contributed by atoms with Crippen molar-refractivity contribution < 1.29 is 35.1 Å². The lowest BCUT2D eigenvalue weighted by atomic mass is 10.2. The number of rotatable bonds is 3. The van der Waals surface area contributed by atoms with Crippen molar-refractivity contribution >= 4 is 27.4 Å². The Bertz CT molecular complexity index is 1020. The molecule has 0 nitrogen and oxygen atoms in total. The average Bonchev–Trinajstić information content (AvgIpc) is 2.62. The molecule has 3 rings (SSSR count). The molecule has 0 saturated heterocycles. The standard InChI is InChI=1S/C7H5F2.2C6H2F3.Al/c1-5-2-3-6(8)4-7(5)9;2*7-4-1-2-5(8)6(9)3-4;/h2-3H,1H3;2*1,3H;. The number of hydrogen-bond acceptors (Lipinski definition) is 0. The molecule has 28 heavy (non-hydrogen) atoms. The minimum absolute atomic E-state index is 0.122. The van der Waals surface area contributed by atoms with Crippen LogP contribution in [0.5, 0.6) is 0 Å². The molecule has 144 valence electrons. The predicted octanol–water partition coefficient (Wildman–Crippen LogP) is 3.62. The maximum absolute atomic E-state index is 14.7. The highest BCUT2D eigenvalue weighted by Gasteiger charge is 2.38. The Morgan fingerprint density at radius 1 is 0.571 bits per heavy atom. The van der Waals surface area contributed by atoms with Gasteiger partial charge in [0, 0.05) is 12.1 Å². The van der Waals surface area contributed by atoms with Crippen molar-refractivity contribution in [3.63, 3.8) is 0 Å². The van der Waals surface area contributed by atoms with Crippen molar-refractivity contribution in [1.29, 1.82) is 0 Å². The Kier molecular flexibility index (Phi) is 5.51. The van der Waals surface area contributed by atoms with Gasteiger partial charge in [-0.2, -0.15) is 0 Å². The highest BCUT2D eigenvalue weighted by atomic mass is 27.2. The van der Waals surface area contributed by atoms with E-state index in [1.165, 1.54) is 6.92 Å². The molecular formula is C19H9AlF8. The fourth-order valence-electron chi connectivity index (χ4n) is 2.99. The van der Waals surface area contributed by atoms with Gasteiger partial charge >= 0.3 is 14.1 Å². The molecule has 0 heterocycles. The van der Waals surface area contributed by atoms with Crippen LogP contribution in [0.2, 0.25) is 0 Å². The van der Waals surface area contributed by atoms with Gasteiger partial charge in [0.25, 0.3) is 0 Å². The molecule has 9 heteroatoms. The third-order valence-electron chi connectivity index (χ3n) is 4.27. The molecular weight excluding hydrogens is 407 g/mol. The molecule has 0 atom stereocenters. The van der Waals surface area contributed by atoms with Crippen LogP contribution in [0.4, 0.5) is 35.1 Å². The lowest BCUT2D eigenvalue weighted by Crippen LogP contribution is -2.57. The Balaban J connectivity index is 2.46. The van der Waals surface area contributed by atoms with Gasteiger partial charge in [-0.05, 0) is 35.1 Å². The summed E-state index contributed by atoms with van der Waals surface area (Å²) in [5.74, 6) is -11.8. The molecule has 0 N–H and O–H groups in total. The maximum atomic E-state index is 14.7. The lowest BCUT2D eigenvalue weighted by molar-refractivity contribution is 0.498. The van der Waals surface area contributed by atoms with Crippen molar-refractivity contribution in [1.82, 2.24) is 0 Å². The summed E-state index contributed by atoms with van der Waals surface area (Å²) in [6.45, 7) is 1.23. The van der Waals surface area contributed by atoms with Gasteiger partial charge in [-0.15, -0.1) is 0 Å². The Hall–Kier alpha value is -2.37. The third kappa shape index (κ3) is 3.52. The summed E-state index contributed by atoms with van der Waals surface area (Å²) in [5.41, 5.74) is -0.122. The van der Waals surface area contributed by atoms with E-state index in [0.717, 1.165) is 12.1 Å². The highest BCUT2D eigenvalue weighted by Crippen LogP contribution is 2.14. The molecule has 0 aliphatic heterocycles. The number of halogens is 8. The van der Waals surface area contributed by atoms with E-state index in [0.29, 0.717) is 12.1 Å².